The van der Waals surface area contributed by atoms with Gasteiger partial charge in [0.05, 0.1) is 16.2 Å². The highest BCUT2D eigenvalue weighted by Gasteiger charge is 2.23. The highest BCUT2D eigenvalue weighted by atomic mass is 35.5. The standard InChI is InChI=1S/C11H9Cl2N3O3S/c12-8-2-6(9(13)20-8)10(17)16-7(11(18)19)1-5-3-14-4-15-5/h2-4,7H,1H2,(H,14,15)(H,16,17)(H,18,19)/t7-/m1/s1. The van der Waals surface area contributed by atoms with Crippen molar-refractivity contribution < 1.29 is 14.7 Å². The average Bonchev–Trinajstić information content (AvgIpc) is 2.97. The maximum atomic E-state index is 12.0. The molecule has 0 spiro atoms. The highest BCUT2D eigenvalue weighted by Crippen LogP contribution is 2.31. The number of halogens is 2. The number of aliphatic carboxylic acids is 1. The summed E-state index contributed by atoms with van der Waals surface area (Å²) < 4.78 is 0.582. The van der Waals surface area contributed by atoms with Gasteiger partial charge in [-0.15, -0.1) is 11.3 Å². The summed E-state index contributed by atoms with van der Waals surface area (Å²) in [6.45, 7) is 0. The third-order valence-electron chi connectivity index (χ3n) is 2.48. The lowest BCUT2D eigenvalue weighted by atomic mass is 10.1. The molecule has 2 aromatic rings. The number of carbonyl (C=O) groups is 2. The Morgan fingerprint density at radius 2 is 2.25 bits per heavy atom. The molecule has 1 amide bonds. The number of rotatable bonds is 5. The third-order valence-corrected chi connectivity index (χ3v) is 3.97. The SMILES string of the molecule is O=C(N[C@H](Cc1cnc[nH]1)C(=O)O)c1cc(Cl)sc1Cl. The van der Waals surface area contributed by atoms with Crippen LogP contribution < -0.4 is 5.32 Å². The number of aromatic nitrogens is 2. The topological polar surface area (TPSA) is 95.1 Å². The van der Waals surface area contributed by atoms with Crippen LogP contribution in [-0.2, 0) is 11.2 Å². The summed E-state index contributed by atoms with van der Waals surface area (Å²) in [6.07, 6.45) is 3.03. The van der Waals surface area contributed by atoms with E-state index in [1.807, 2.05) is 0 Å². The monoisotopic (exact) mass is 333 g/mol. The second-order valence-electron chi connectivity index (χ2n) is 3.88. The van der Waals surface area contributed by atoms with E-state index in [9.17, 15) is 9.59 Å². The Balaban J connectivity index is 2.10. The van der Waals surface area contributed by atoms with Gasteiger partial charge in [-0.25, -0.2) is 9.78 Å². The first kappa shape index (κ1) is 14.8. The van der Waals surface area contributed by atoms with E-state index in [1.54, 1.807) is 0 Å². The Labute approximate surface area is 127 Å². The van der Waals surface area contributed by atoms with Gasteiger partial charge in [0.2, 0.25) is 0 Å². The van der Waals surface area contributed by atoms with Gasteiger partial charge in [0, 0.05) is 18.3 Å². The molecule has 2 heterocycles. The number of aromatic amines is 1. The summed E-state index contributed by atoms with van der Waals surface area (Å²) in [6, 6.07) is 0.316. The predicted molar refractivity (Wildman–Crippen MR) is 75.5 cm³/mol. The zero-order valence-electron chi connectivity index (χ0n) is 9.89. The fraction of sp³-hybridized carbons (Fsp3) is 0.182. The van der Waals surface area contributed by atoms with Gasteiger partial charge in [-0.1, -0.05) is 23.2 Å². The summed E-state index contributed by atoms with van der Waals surface area (Å²) in [4.78, 5) is 29.7. The number of amides is 1. The largest absolute Gasteiger partial charge is 0.480 e. The number of thiophene rings is 1. The van der Waals surface area contributed by atoms with Gasteiger partial charge in [0.25, 0.3) is 5.91 Å². The van der Waals surface area contributed by atoms with E-state index in [0.717, 1.165) is 11.3 Å². The molecule has 0 fully saturated rings. The van der Waals surface area contributed by atoms with Gasteiger partial charge in [0.1, 0.15) is 10.4 Å². The second kappa shape index (κ2) is 6.25. The fourth-order valence-electron chi connectivity index (χ4n) is 1.55. The van der Waals surface area contributed by atoms with Crippen molar-refractivity contribution in [1.29, 1.82) is 0 Å². The molecule has 0 aliphatic rings. The lowest BCUT2D eigenvalue weighted by Crippen LogP contribution is -2.42. The minimum atomic E-state index is -1.15. The molecular formula is C11H9Cl2N3O3S. The quantitative estimate of drug-likeness (QED) is 0.781. The van der Waals surface area contributed by atoms with Gasteiger partial charge in [-0.05, 0) is 6.07 Å². The van der Waals surface area contributed by atoms with Gasteiger partial charge in [-0.3, -0.25) is 4.79 Å². The number of carboxylic acids is 1. The van der Waals surface area contributed by atoms with E-state index in [2.05, 4.69) is 15.3 Å². The number of nitrogens with zero attached hydrogens (tertiary/aromatic N) is 1. The number of hydrogen-bond donors (Lipinski definition) is 3. The molecule has 1 atom stereocenters. The molecule has 0 unspecified atom stereocenters. The molecule has 3 N–H and O–H groups in total. The van der Waals surface area contributed by atoms with E-state index >= 15 is 0 Å². The van der Waals surface area contributed by atoms with Crippen LogP contribution in [0, 0.1) is 0 Å². The Kier molecular flexibility index (Phi) is 4.64. The van der Waals surface area contributed by atoms with E-state index in [1.165, 1.54) is 18.6 Å². The minimum absolute atomic E-state index is 0.0938. The first-order valence-corrected chi connectivity index (χ1v) is 7.00. The molecule has 0 saturated carbocycles. The van der Waals surface area contributed by atoms with E-state index in [4.69, 9.17) is 28.3 Å². The second-order valence-corrected chi connectivity index (χ2v) is 6.17. The molecule has 0 aliphatic carbocycles. The first-order chi connectivity index (χ1) is 9.47. The van der Waals surface area contributed by atoms with Crippen LogP contribution >= 0.6 is 34.5 Å². The molecule has 6 nitrogen and oxygen atoms in total. The van der Waals surface area contributed by atoms with Crippen molar-refractivity contribution in [2.24, 2.45) is 0 Å². The van der Waals surface area contributed by atoms with E-state index in [-0.39, 0.29) is 16.3 Å². The van der Waals surface area contributed by atoms with Crippen molar-refractivity contribution in [3.8, 4) is 0 Å². The van der Waals surface area contributed by atoms with Crippen molar-refractivity contribution in [3.05, 3.63) is 38.5 Å². The molecule has 0 aliphatic heterocycles. The number of hydrogen-bond acceptors (Lipinski definition) is 4. The average molecular weight is 334 g/mol. The Morgan fingerprint density at radius 3 is 2.75 bits per heavy atom. The van der Waals surface area contributed by atoms with Crippen molar-refractivity contribution in [2.75, 3.05) is 0 Å². The van der Waals surface area contributed by atoms with Crippen LogP contribution in [0.5, 0.6) is 0 Å². The Morgan fingerprint density at radius 1 is 1.50 bits per heavy atom. The highest BCUT2D eigenvalue weighted by molar-refractivity contribution is 7.20. The zero-order valence-corrected chi connectivity index (χ0v) is 12.2. The zero-order chi connectivity index (χ0) is 14.7. The fourth-order valence-corrected chi connectivity index (χ4v) is 3.01. The molecule has 0 radical (unpaired) electrons. The molecule has 0 saturated heterocycles. The normalized spacial score (nSPS) is 12.1. The number of H-pyrrole nitrogens is 1. The van der Waals surface area contributed by atoms with Crippen LogP contribution in [0.1, 0.15) is 16.1 Å². The van der Waals surface area contributed by atoms with Crippen molar-refractivity contribution in [2.45, 2.75) is 12.5 Å². The molecular weight excluding hydrogens is 325 g/mol. The lowest BCUT2D eigenvalue weighted by molar-refractivity contribution is -0.139. The van der Waals surface area contributed by atoms with Crippen LogP contribution in [0.4, 0.5) is 0 Å². The maximum Gasteiger partial charge on any atom is 0.326 e. The summed E-state index contributed by atoms with van der Waals surface area (Å²) in [5.74, 6) is -1.73. The molecule has 106 valence electrons. The van der Waals surface area contributed by atoms with Gasteiger partial charge in [0.15, 0.2) is 0 Å². The van der Waals surface area contributed by atoms with Crippen molar-refractivity contribution >= 4 is 46.4 Å². The number of carboxylic acid groups (broad SMARTS) is 1. The van der Waals surface area contributed by atoms with Crippen molar-refractivity contribution in [1.82, 2.24) is 15.3 Å². The van der Waals surface area contributed by atoms with Crippen LogP contribution in [0.15, 0.2) is 18.6 Å². The smallest absolute Gasteiger partial charge is 0.326 e. The van der Waals surface area contributed by atoms with Crippen LogP contribution in [0.2, 0.25) is 8.67 Å². The molecule has 2 aromatic heterocycles. The summed E-state index contributed by atoms with van der Waals surface area (Å²) >= 11 is 12.6. The summed E-state index contributed by atoms with van der Waals surface area (Å²) in [5, 5.41) is 11.5. The lowest BCUT2D eigenvalue weighted by Gasteiger charge is -2.13. The summed E-state index contributed by atoms with van der Waals surface area (Å²) in [5.41, 5.74) is 0.768. The molecule has 9 heteroatoms. The maximum absolute atomic E-state index is 12.0. The van der Waals surface area contributed by atoms with E-state index in [0.29, 0.717) is 10.0 Å². The molecule has 2 rings (SSSR count). The van der Waals surface area contributed by atoms with Crippen LogP contribution in [-0.4, -0.2) is 33.0 Å². The third kappa shape index (κ3) is 3.50. The van der Waals surface area contributed by atoms with Gasteiger partial charge < -0.3 is 15.4 Å². The molecule has 20 heavy (non-hydrogen) atoms. The predicted octanol–water partition coefficient (Wildman–Crippen LogP) is 2.20. The van der Waals surface area contributed by atoms with E-state index < -0.39 is 17.9 Å². The number of imidazole rings is 1. The minimum Gasteiger partial charge on any atom is -0.480 e. The molecule has 0 aromatic carbocycles. The Hall–Kier alpha value is -1.57. The number of nitrogens with one attached hydrogen (secondary N) is 2. The van der Waals surface area contributed by atoms with Gasteiger partial charge in [-0.2, -0.15) is 0 Å². The summed E-state index contributed by atoms with van der Waals surface area (Å²) in [7, 11) is 0. The van der Waals surface area contributed by atoms with Crippen LogP contribution in [0.25, 0.3) is 0 Å². The Bertz CT molecular complexity index is 627. The van der Waals surface area contributed by atoms with Crippen molar-refractivity contribution in [3.63, 3.8) is 0 Å². The number of carbonyl (C=O) groups excluding carboxylic acids is 1. The first-order valence-electron chi connectivity index (χ1n) is 5.43. The molecule has 0 bridgehead atoms. The van der Waals surface area contributed by atoms with Crippen LogP contribution in [0.3, 0.4) is 0 Å². The van der Waals surface area contributed by atoms with Gasteiger partial charge >= 0.3 is 5.97 Å².